The molecule has 18 heavy (non-hydrogen) atoms. The fourth-order valence-electron chi connectivity index (χ4n) is 1.85. The van der Waals surface area contributed by atoms with Crippen LogP contribution in [0.4, 0.5) is 5.82 Å². The number of anilines is 1. The predicted octanol–water partition coefficient (Wildman–Crippen LogP) is 2.18. The van der Waals surface area contributed by atoms with Gasteiger partial charge in [-0.2, -0.15) is 0 Å². The van der Waals surface area contributed by atoms with Gasteiger partial charge in [0.2, 0.25) is 5.91 Å². The van der Waals surface area contributed by atoms with E-state index < -0.39 is 5.97 Å². The van der Waals surface area contributed by atoms with Crippen LogP contribution in [0.15, 0.2) is 12.1 Å². The highest BCUT2D eigenvalue weighted by molar-refractivity contribution is 9.09. The van der Waals surface area contributed by atoms with Crippen LogP contribution in [0.25, 0.3) is 0 Å². The number of hydrogen-bond donors (Lipinski definition) is 1. The van der Waals surface area contributed by atoms with Gasteiger partial charge in [0, 0.05) is 18.3 Å². The molecule has 1 atom stereocenters. The lowest BCUT2D eigenvalue weighted by Gasteiger charge is -2.15. The van der Waals surface area contributed by atoms with Crippen LogP contribution in [0.2, 0.25) is 5.15 Å². The molecule has 1 aromatic rings. The zero-order valence-corrected chi connectivity index (χ0v) is 11.6. The summed E-state index contributed by atoms with van der Waals surface area (Å²) in [5.41, 5.74) is 0.0279. The number of hydrogen-bond acceptors (Lipinski definition) is 3. The van der Waals surface area contributed by atoms with Crippen molar-refractivity contribution in [1.29, 1.82) is 0 Å². The van der Waals surface area contributed by atoms with E-state index in [1.165, 1.54) is 17.0 Å². The minimum Gasteiger partial charge on any atom is -0.478 e. The molecule has 0 aromatic carbocycles. The van der Waals surface area contributed by atoms with Gasteiger partial charge in [0.05, 0.1) is 5.56 Å². The van der Waals surface area contributed by atoms with Crippen molar-refractivity contribution in [2.24, 2.45) is 5.92 Å². The van der Waals surface area contributed by atoms with Gasteiger partial charge in [0.1, 0.15) is 11.0 Å². The van der Waals surface area contributed by atoms with E-state index in [0.717, 1.165) is 5.33 Å². The summed E-state index contributed by atoms with van der Waals surface area (Å²) in [6.45, 7) is 0.524. The minimum atomic E-state index is -1.09. The molecule has 0 spiro atoms. The molecule has 5 nitrogen and oxygen atoms in total. The molecule has 1 saturated heterocycles. The fraction of sp³-hybridized carbons (Fsp3) is 0.364. The number of carboxylic acids is 1. The van der Waals surface area contributed by atoms with E-state index in [1.54, 1.807) is 0 Å². The SMILES string of the molecule is O=C(O)c1cc(Cl)nc(N2CC(CBr)CC2=O)c1. The fourth-order valence-corrected chi connectivity index (χ4v) is 2.49. The van der Waals surface area contributed by atoms with E-state index in [4.69, 9.17) is 16.7 Å². The average molecular weight is 334 g/mol. The molecule has 96 valence electrons. The Labute approximate surface area is 117 Å². The van der Waals surface area contributed by atoms with Gasteiger partial charge in [-0.05, 0) is 18.1 Å². The van der Waals surface area contributed by atoms with Gasteiger partial charge >= 0.3 is 5.97 Å². The van der Waals surface area contributed by atoms with Gasteiger partial charge in [0.15, 0.2) is 0 Å². The summed E-state index contributed by atoms with van der Waals surface area (Å²) < 4.78 is 0. The molecule has 7 heteroatoms. The number of carbonyl (C=O) groups excluding carboxylic acids is 1. The minimum absolute atomic E-state index is 0.0279. The van der Waals surface area contributed by atoms with Crippen LogP contribution in [-0.2, 0) is 4.79 Å². The molecule has 1 aliphatic heterocycles. The zero-order valence-electron chi connectivity index (χ0n) is 9.27. The van der Waals surface area contributed by atoms with Crippen LogP contribution in [0.3, 0.4) is 0 Å². The number of rotatable bonds is 3. The molecular formula is C11H10BrClN2O3. The Bertz CT molecular complexity index is 509. The van der Waals surface area contributed by atoms with Crippen molar-refractivity contribution in [3.05, 3.63) is 22.8 Å². The average Bonchev–Trinajstić information content (AvgIpc) is 2.69. The van der Waals surface area contributed by atoms with Crippen LogP contribution in [0.5, 0.6) is 0 Å². The quantitative estimate of drug-likeness (QED) is 0.680. The van der Waals surface area contributed by atoms with Crippen LogP contribution in [-0.4, -0.2) is 33.8 Å². The molecule has 2 rings (SSSR count). The monoisotopic (exact) mass is 332 g/mol. The first-order chi connectivity index (χ1) is 8.51. The molecule has 0 aliphatic carbocycles. The van der Waals surface area contributed by atoms with Crippen molar-refractivity contribution in [2.75, 3.05) is 16.8 Å². The summed E-state index contributed by atoms with van der Waals surface area (Å²) in [5.74, 6) is -0.644. The highest BCUT2D eigenvalue weighted by atomic mass is 79.9. The van der Waals surface area contributed by atoms with Gasteiger partial charge < -0.3 is 5.11 Å². The maximum absolute atomic E-state index is 11.8. The number of carbonyl (C=O) groups is 2. The second kappa shape index (κ2) is 5.24. The van der Waals surface area contributed by atoms with E-state index in [9.17, 15) is 9.59 Å². The maximum atomic E-state index is 11.8. The van der Waals surface area contributed by atoms with Crippen LogP contribution in [0, 0.1) is 5.92 Å². The topological polar surface area (TPSA) is 70.5 Å². The first-order valence-corrected chi connectivity index (χ1v) is 6.78. The summed E-state index contributed by atoms with van der Waals surface area (Å²) >= 11 is 9.11. The van der Waals surface area contributed by atoms with Gasteiger partial charge in [-0.25, -0.2) is 9.78 Å². The number of halogens is 2. The summed E-state index contributed by atoms with van der Waals surface area (Å²) in [6.07, 6.45) is 0.432. The molecule has 1 aliphatic rings. The lowest BCUT2D eigenvalue weighted by Crippen LogP contribution is -2.26. The van der Waals surface area contributed by atoms with Crippen molar-refractivity contribution in [1.82, 2.24) is 4.98 Å². The highest BCUT2D eigenvalue weighted by Gasteiger charge is 2.31. The Morgan fingerprint density at radius 3 is 2.89 bits per heavy atom. The third-order valence-electron chi connectivity index (χ3n) is 2.73. The number of carboxylic acid groups (broad SMARTS) is 1. The Morgan fingerprint density at radius 2 is 2.33 bits per heavy atom. The van der Waals surface area contributed by atoms with Gasteiger partial charge in [-0.1, -0.05) is 27.5 Å². The van der Waals surface area contributed by atoms with Crippen LogP contribution in [0.1, 0.15) is 16.8 Å². The lowest BCUT2D eigenvalue weighted by molar-refractivity contribution is -0.117. The van der Waals surface area contributed by atoms with Crippen molar-refractivity contribution in [3.8, 4) is 0 Å². The van der Waals surface area contributed by atoms with Crippen molar-refractivity contribution in [2.45, 2.75) is 6.42 Å². The maximum Gasteiger partial charge on any atom is 0.335 e. The first kappa shape index (κ1) is 13.3. The van der Waals surface area contributed by atoms with E-state index in [2.05, 4.69) is 20.9 Å². The van der Waals surface area contributed by atoms with Crippen LogP contribution < -0.4 is 4.90 Å². The lowest BCUT2D eigenvalue weighted by atomic mass is 10.2. The van der Waals surface area contributed by atoms with E-state index in [-0.39, 0.29) is 22.5 Å². The number of pyridine rings is 1. The molecule has 1 amide bonds. The largest absolute Gasteiger partial charge is 0.478 e. The van der Waals surface area contributed by atoms with Crippen LogP contribution >= 0.6 is 27.5 Å². The second-order valence-corrected chi connectivity index (χ2v) is 5.11. The second-order valence-electron chi connectivity index (χ2n) is 4.07. The summed E-state index contributed by atoms with van der Waals surface area (Å²) in [6, 6.07) is 2.62. The van der Waals surface area contributed by atoms with E-state index >= 15 is 0 Å². The molecule has 1 unspecified atom stereocenters. The first-order valence-electron chi connectivity index (χ1n) is 5.28. The molecule has 1 aromatic heterocycles. The van der Waals surface area contributed by atoms with Crippen molar-refractivity contribution >= 4 is 45.2 Å². The zero-order chi connectivity index (χ0) is 13.3. The molecule has 0 saturated carbocycles. The van der Waals surface area contributed by atoms with Crippen molar-refractivity contribution in [3.63, 3.8) is 0 Å². The normalized spacial score (nSPS) is 19.3. The molecule has 1 N–H and O–H groups in total. The Balaban J connectivity index is 2.34. The Morgan fingerprint density at radius 1 is 1.61 bits per heavy atom. The molecule has 0 bridgehead atoms. The third kappa shape index (κ3) is 2.64. The standard InChI is InChI=1S/C11H10BrClN2O3/c12-4-6-1-10(16)15(5-6)9-3-7(11(17)18)2-8(13)14-9/h2-3,6H,1,4-5H2,(H,17,18). The third-order valence-corrected chi connectivity index (χ3v) is 3.84. The number of aromatic nitrogens is 1. The Kier molecular flexibility index (Phi) is 3.87. The van der Waals surface area contributed by atoms with E-state index in [0.29, 0.717) is 18.8 Å². The highest BCUT2D eigenvalue weighted by Crippen LogP contribution is 2.26. The summed E-state index contributed by atoms with van der Waals surface area (Å²) in [4.78, 5) is 28.2. The van der Waals surface area contributed by atoms with E-state index in [1.807, 2.05) is 0 Å². The molecule has 0 radical (unpaired) electrons. The smallest absolute Gasteiger partial charge is 0.335 e. The Hall–Kier alpha value is -1.14. The number of aromatic carboxylic acids is 1. The number of nitrogens with zero attached hydrogens (tertiary/aromatic N) is 2. The molecular weight excluding hydrogens is 323 g/mol. The van der Waals surface area contributed by atoms with Gasteiger partial charge in [-0.3, -0.25) is 9.69 Å². The summed E-state index contributed by atoms with van der Waals surface area (Å²) in [7, 11) is 0. The number of alkyl halides is 1. The van der Waals surface area contributed by atoms with Crippen molar-refractivity contribution < 1.29 is 14.7 Å². The van der Waals surface area contributed by atoms with Gasteiger partial charge in [0.25, 0.3) is 0 Å². The summed E-state index contributed by atoms with van der Waals surface area (Å²) in [5, 5.41) is 9.74. The van der Waals surface area contributed by atoms with Gasteiger partial charge in [-0.15, -0.1) is 0 Å². The number of amides is 1. The molecule has 1 fully saturated rings. The predicted molar refractivity (Wildman–Crippen MR) is 70.5 cm³/mol. The molecule has 2 heterocycles.